The molecule has 11 nitrogen and oxygen atoms in total. The van der Waals surface area contributed by atoms with E-state index in [4.69, 9.17) is 16.6 Å². The van der Waals surface area contributed by atoms with E-state index in [0.717, 1.165) is 36.2 Å². The smallest absolute Gasteiger partial charge is 0.326 e. The van der Waals surface area contributed by atoms with Crippen molar-refractivity contribution in [2.45, 2.75) is 38.1 Å². The zero-order valence-electron chi connectivity index (χ0n) is 17.4. The molecule has 1 aliphatic carbocycles. The van der Waals surface area contributed by atoms with E-state index in [1.165, 1.54) is 0 Å². The maximum atomic E-state index is 12.3. The Morgan fingerprint density at radius 3 is 2.50 bits per heavy atom. The maximum Gasteiger partial charge on any atom is 0.326 e. The van der Waals surface area contributed by atoms with E-state index >= 15 is 0 Å². The van der Waals surface area contributed by atoms with E-state index in [0.29, 0.717) is 18.3 Å². The molecule has 0 unspecified atom stereocenters. The van der Waals surface area contributed by atoms with Crippen LogP contribution in [0.5, 0.6) is 0 Å². The molecule has 2 aromatic rings. The average Bonchev–Trinajstić information content (AvgIpc) is 2.75. The number of aryl methyl sites for hydroxylation is 1. The van der Waals surface area contributed by atoms with E-state index in [-0.39, 0.29) is 24.4 Å². The summed E-state index contributed by atoms with van der Waals surface area (Å²) >= 11 is 0. The van der Waals surface area contributed by atoms with Crippen LogP contribution in [0.1, 0.15) is 40.9 Å². The van der Waals surface area contributed by atoms with Crippen molar-refractivity contribution < 1.29 is 24.6 Å². The monoisotopic (exact) mass is 442 g/mol. The number of aliphatic carboxylic acids is 2. The molecule has 1 amide bonds. The fraction of sp³-hybridized carbons (Fsp3) is 0.381. The van der Waals surface area contributed by atoms with Gasteiger partial charge in [0.2, 0.25) is 5.95 Å². The molecular formula is C21H26N6O5. The summed E-state index contributed by atoms with van der Waals surface area (Å²) in [6.45, 7) is 0.699. The Kier molecular flexibility index (Phi) is 7.08. The van der Waals surface area contributed by atoms with Crippen molar-refractivity contribution >= 4 is 35.3 Å². The fourth-order valence-electron chi connectivity index (χ4n) is 3.67. The van der Waals surface area contributed by atoms with Crippen LogP contribution in [-0.2, 0) is 22.4 Å². The number of nitrogen functional groups attached to an aromatic ring is 2. The molecule has 0 aliphatic heterocycles. The van der Waals surface area contributed by atoms with Gasteiger partial charge in [0.05, 0.1) is 5.69 Å². The highest BCUT2D eigenvalue weighted by atomic mass is 16.4. The van der Waals surface area contributed by atoms with Crippen molar-refractivity contribution in [1.82, 2.24) is 15.3 Å². The number of anilines is 3. The van der Waals surface area contributed by atoms with Crippen molar-refractivity contribution in [3.8, 4) is 0 Å². The van der Waals surface area contributed by atoms with Gasteiger partial charge in [-0.25, -0.2) is 9.78 Å². The summed E-state index contributed by atoms with van der Waals surface area (Å²) in [5, 5.41) is 23.6. The standard InChI is InChI=1S/C21H26N6O5/c22-18-14-9-11(1-6-15(14)26-21(23)27-18)10-24-13-4-2-12(3-5-13)19(30)25-16(20(31)32)7-8-17(28)29/h2-5,11,16,24H,1,6-10H2,(H,25,30)(H,28,29)(H,31,32)(H4,22,23,26,27)/t11-,16-/m0/s1. The number of fused-ring (bicyclic) bond motifs is 1. The van der Waals surface area contributed by atoms with Crippen LogP contribution in [-0.4, -0.2) is 50.6 Å². The first-order valence-electron chi connectivity index (χ1n) is 10.2. The molecule has 1 heterocycles. The van der Waals surface area contributed by atoms with Crippen LogP contribution in [0.25, 0.3) is 0 Å². The average molecular weight is 442 g/mol. The second-order valence-corrected chi connectivity index (χ2v) is 7.76. The zero-order valence-corrected chi connectivity index (χ0v) is 17.4. The molecule has 1 aromatic heterocycles. The van der Waals surface area contributed by atoms with E-state index in [1.54, 1.807) is 24.3 Å². The van der Waals surface area contributed by atoms with Gasteiger partial charge in [-0.1, -0.05) is 0 Å². The Labute approximate surface area is 184 Å². The Bertz CT molecular complexity index is 1010. The summed E-state index contributed by atoms with van der Waals surface area (Å²) in [4.78, 5) is 42.5. The lowest BCUT2D eigenvalue weighted by Crippen LogP contribution is -2.41. The van der Waals surface area contributed by atoms with Gasteiger partial charge in [0, 0.05) is 29.8 Å². The minimum Gasteiger partial charge on any atom is -0.481 e. The molecule has 11 heteroatoms. The number of carboxylic acids is 2. The predicted molar refractivity (Wildman–Crippen MR) is 117 cm³/mol. The second-order valence-electron chi connectivity index (χ2n) is 7.76. The summed E-state index contributed by atoms with van der Waals surface area (Å²) in [5.41, 5.74) is 14.6. The minimum atomic E-state index is -1.28. The third-order valence-corrected chi connectivity index (χ3v) is 5.42. The number of benzene rings is 1. The van der Waals surface area contributed by atoms with Gasteiger partial charge in [-0.15, -0.1) is 0 Å². The zero-order chi connectivity index (χ0) is 23.3. The number of aromatic nitrogens is 2. The summed E-state index contributed by atoms with van der Waals surface area (Å²) in [5.74, 6) is -2.02. The van der Waals surface area contributed by atoms with Gasteiger partial charge in [-0.2, -0.15) is 4.98 Å². The molecule has 0 saturated carbocycles. The van der Waals surface area contributed by atoms with Crippen molar-refractivity contribution in [2.75, 3.05) is 23.3 Å². The molecule has 2 atom stereocenters. The Morgan fingerprint density at radius 1 is 1.12 bits per heavy atom. The number of carbonyl (C=O) groups is 3. The maximum absolute atomic E-state index is 12.3. The summed E-state index contributed by atoms with van der Waals surface area (Å²) in [6.07, 6.45) is 1.93. The highest BCUT2D eigenvalue weighted by Crippen LogP contribution is 2.28. The number of amides is 1. The molecule has 0 saturated heterocycles. The third-order valence-electron chi connectivity index (χ3n) is 5.42. The van der Waals surface area contributed by atoms with Crippen molar-refractivity contribution in [1.29, 1.82) is 0 Å². The third kappa shape index (κ3) is 5.84. The minimum absolute atomic E-state index is 0.192. The van der Waals surface area contributed by atoms with Crippen LogP contribution in [0.2, 0.25) is 0 Å². The molecule has 1 aromatic carbocycles. The van der Waals surface area contributed by atoms with Gasteiger partial charge in [0.1, 0.15) is 11.9 Å². The fourth-order valence-corrected chi connectivity index (χ4v) is 3.67. The Balaban J connectivity index is 1.54. The normalized spacial score (nSPS) is 15.9. The Morgan fingerprint density at radius 2 is 1.84 bits per heavy atom. The number of rotatable bonds is 9. The van der Waals surface area contributed by atoms with E-state index in [1.807, 2.05) is 0 Å². The number of hydrogen-bond acceptors (Lipinski definition) is 8. The molecular weight excluding hydrogens is 416 g/mol. The van der Waals surface area contributed by atoms with Crippen molar-refractivity contribution in [3.63, 3.8) is 0 Å². The summed E-state index contributed by atoms with van der Waals surface area (Å²) in [7, 11) is 0. The SMILES string of the molecule is Nc1nc(N)c2c(n1)CC[C@H](CNc1ccc(C(=O)N[C@@H](CCC(=O)O)C(=O)O)cc1)C2. The summed E-state index contributed by atoms with van der Waals surface area (Å²) < 4.78 is 0. The largest absolute Gasteiger partial charge is 0.481 e. The predicted octanol–water partition coefficient (Wildman–Crippen LogP) is 0.906. The lowest BCUT2D eigenvalue weighted by Gasteiger charge is -2.25. The lowest BCUT2D eigenvalue weighted by atomic mass is 9.86. The number of carbonyl (C=O) groups excluding carboxylic acids is 1. The molecule has 32 heavy (non-hydrogen) atoms. The van der Waals surface area contributed by atoms with Crippen LogP contribution >= 0.6 is 0 Å². The molecule has 3 rings (SSSR count). The van der Waals surface area contributed by atoms with Gasteiger partial charge in [0.25, 0.3) is 5.91 Å². The molecule has 8 N–H and O–H groups in total. The quantitative estimate of drug-likeness (QED) is 0.325. The number of hydrogen-bond donors (Lipinski definition) is 6. The van der Waals surface area contributed by atoms with Gasteiger partial charge in [-0.05, 0) is 55.9 Å². The second kappa shape index (κ2) is 9.94. The van der Waals surface area contributed by atoms with Crippen LogP contribution < -0.4 is 22.1 Å². The summed E-state index contributed by atoms with van der Waals surface area (Å²) in [6, 6.07) is 5.36. The molecule has 0 spiro atoms. The van der Waals surface area contributed by atoms with Gasteiger partial charge >= 0.3 is 11.9 Å². The van der Waals surface area contributed by atoms with E-state index < -0.39 is 23.9 Å². The molecule has 1 aliphatic rings. The number of nitrogens with one attached hydrogen (secondary N) is 2. The van der Waals surface area contributed by atoms with E-state index in [9.17, 15) is 19.5 Å². The first-order chi connectivity index (χ1) is 15.2. The first kappa shape index (κ1) is 22.8. The number of nitrogens with zero attached hydrogens (tertiary/aromatic N) is 2. The topological polar surface area (TPSA) is 194 Å². The van der Waals surface area contributed by atoms with E-state index in [2.05, 4.69) is 20.6 Å². The molecule has 0 radical (unpaired) electrons. The van der Waals surface area contributed by atoms with Crippen LogP contribution in [0.15, 0.2) is 24.3 Å². The highest BCUT2D eigenvalue weighted by molar-refractivity contribution is 5.96. The van der Waals surface area contributed by atoms with Crippen molar-refractivity contribution in [2.24, 2.45) is 5.92 Å². The van der Waals surface area contributed by atoms with Crippen LogP contribution in [0.3, 0.4) is 0 Å². The number of nitrogens with two attached hydrogens (primary N) is 2. The van der Waals surface area contributed by atoms with Gasteiger partial charge in [0.15, 0.2) is 0 Å². The molecule has 170 valence electrons. The highest BCUT2D eigenvalue weighted by Gasteiger charge is 2.23. The van der Waals surface area contributed by atoms with Crippen molar-refractivity contribution in [3.05, 3.63) is 41.1 Å². The molecule has 0 bridgehead atoms. The van der Waals surface area contributed by atoms with Crippen LogP contribution in [0.4, 0.5) is 17.5 Å². The van der Waals surface area contributed by atoms with Crippen LogP contribution in [0, 0.1) is 5.92 Å². The molecule has 0 fully saturated rings. The van der Waals surface area contributed by atoms with Gasteiger partial charge < -0.3 is 32.3 Å². The van der Waals surface area contributed by atoms with Gasteiger partial charge in [-0.3, -0.25) is 9.59 Å². The lowest BCUT2D eigenvalue weighted by molar-refractivity contribution is -0.140. The first-order valence-corrected chi connectivity index (χ1v) is 10.2. The number of carboxylic acid groups (broad SMARTS) is 2. The Hall–Kier alpha value is -3.89.